The lowest BCUT2D eigenvalue weighted by Crippen LogP contribution is -2.58. The zero-order valence-corrected chi connectivity index (χ0v) is 21.2. The van der Waals surface area contributed by atoms with Gasteiger partial charge in [-0.3, -0.25) is 19.2 Å². The Kier molecular flexibility index (Phi) is 15.6. The summed E-state index contributed by atoms with van der Waals surface area (Å²) in [4.78, 5) is 60.9. The van der Waals surface area contributed by atoms with Crippen LogP contribution in [0, 0.1) is 5.92 Å². The van der Waals surface area contributed by atoms with Crippen molar-refractivity contribution in [1.29, 1.82) is 0 Å². The van der Waals surface area contributed by atoms with Gasteiger partial charge in [-0.15, -0.1) is 0 Å². The molecule has 0 aromatic heterocycles. The van der Waals surface area contributed by atoms with Gasteiger partial charge >= 0.3 is 5.97 Å². The van der Waals surface area contributed by atoms with E-state index in [1.807, 2.05) is 20.1 Å². The number of thioether (sulfide) groups is 2. The summed E-state index contributed by atoms with van der Waals surface area (Å²) < 4.78 is 0. The quantitative estimate of drug-likeness (QED) is 0.147. The van der Waals surface area contributed by atoms with Crippen LogP contribution in [0.4, 0.5) is 0 Å². The molecule has 0 rings (SSSR count). The lowest BCUT2D eigenvalue weighted by atomic mass is 10.0. The summed E-state index contributed by atoms with van der Waals surface area (Å²) in [7, 11) is 0. The lowest BCUT2D eigenvalue weighted by Gasteiger charge is -2.25. The van der Waals surface area contributed by atoms with Crippen molar-refractivity contribution in [3.8, 4) is 0 Å². The molecule has 0 aliphatic rings. The van der Waals surface area contributed by atoms with Crippen molar-refractivity contribution in [2.24, 2.45) is 17.4 Å². The molecule has 0 heterocycles. The van der Waals surface area contributed by atoms with E-state index in [0.717, 1.165) is 0 Å². The molecule has 4 amide bonds. The molecular weight excluding hydrogens is 470 g/mol. The zero-order chi connectivity index (χ0) is 25.6. The molecular formula is C20H37N5O6S2. The van der Waals surface area contributed by atoms with Crippen LogP contribution in [0.2, 0.25) is 0 Å². The first-order valence-electron chi connectivity index (χ1n) is 10.6. The van der Waals surface area contributed by atoms with Gasteiger partial charge in [0, 0.05) is 0 Å². The average molecular weight is 508 g/mol. The third-order valence-corrected chi connectivity index (χ3v) is 5.86. The van der Waals surface area contributed by atoms with Crippen molar-refractivity contribution < 1.29 is 29.1 Å². The summed E-state index contributed by atoms with van der Waals surface area (Å²) in [6.07, 6.45) is 3.98. The van der Waals surface area contributed by atoms with E-state index >= 15 is 0 Å². The highest BCUT2D eigenvalue weighted by Crippen LogP contribution is 2.07. The molecule has 0 aromatic carbocycles. The molecule has 0 aliphatic carbocycles. The number of primary amides is 1. The minimum Gasteiger partial charge on any atom is -0.480 e. The molecule has 0 aliphatic heterocycles. The SMILES string of the molecule is CSCCC(NC(=O)C(CC(N)=O)NC(=O)C(CCSC)NC(=O)C(N)CC(C)C)C(=O)O. The van der Waals surface area contributed by atoms with E-state index in [1.54, 1.807) is 6.26 Å². The fourth-order valence-electron chi connectivity index (χ4n) is 2.85. The minimum absolute atomic E-state index is 0.166. The van der Waals surface area contributed by atoms with Crippen LogP contribution in [0.25, 0.3) is 0 Å². The van der Waals surface area contributed by atoms with E-state index in [9.17, 15) is 29.1 Å². The molecule has 0 fully saturated rings. The second-order valence-corrected chi connectivity index (χ2v) is 9.96. The second-order valence-electron chi connectivity index (χ2n) is 7.99. The van der Waals surface area contributed by atoms with E-state index in [4.69, 9.17) is 11.5 Å². The molecule has 0 saturated heterocycles. The van der Waals surface area contributed by atoms with Gasteiger partial charge in [-0.25, -0.2) is 4.79 Å². The van der Waals surface area contributed by atoms with Crippen LogP contribution in [0.1, 0.15) is 39.5 Å². The first kappa shape index (κ1) is 31.0. The predicted molar refractivity (Wildman–Crippen MR) is 131 cm³/mol. The van der Waals surface area contributed by atoms with Crippen LogP contribution in [-0.2, 0) is 24.0 Å². The van der Waals surface area contributed by atoms with E-state index in [-0.39, 0.29) is 18.8 Å². The topological polar surface area (TPSA) is 194 Å². The largest absolute Gasteiger partial charge is 0.480 e. The van der Waals surface area contributed by atoms with E-state index in [0.29, 0.717) is 17.9 Å². The van der Waals surface area contributed by atoms with Gasteiger partial charge in [-0.2, -0.15) is 23.5 Å². The minimum atomic E-state index is -1.39. The summed E-state index contributed by atoms with van der Waals surface area (Å²) >= 11 is 2.88. The van der Waals surface area contributed by atoms with Gasteiger partial charge in [0.15, 0.2) is 0 Å². The smallest absolute Gasteiger partial charge is 0.326 e. The number of carboxylic acid groups (broad SMARTS) is 1. The first-order valence-corrected chi connectivity index (χ1v) is 13.4. The second kappa shape index (κ2) is 16.6. The number of nitrogens with two attached hydrogens (primary N) is 2. The summed E-state index contributed by atoms with van der Waals surface area (Å²) in [6.45, 7) is 3.84. The van der Waals surface area contributed by atoms with Gasteiger partial charge in [-0.05, 0) is 49.2 Å². The first-order chi connectivity index (χ1) is 15.4. The Morgan fingerprint density at radius 2 is 1.27 bits per heavy atom. The van der Waals surface area contributed by atoms with Gasteiger partial charge in [0.25, 0.3) is 0 Å². The van der Waals surface area contributed by atoms with Crippen molar-refractivity contribution in [2.45, 2.75) is 63.7 Å². The summed E-state index contributed by atoms with van der Waals surface area (Å²) in [5, 5.41) is 16.7. The third kappa shape index (κ3) is 13.3. The highest BCUT2D eigenvalue weighted by Gasteiger charge is 2.31. The maximum Gasteiger partial charge on any atom is 0.326 e. The van der Waals surface area contributed by atoms with Crippen molar-refractivity contribution in [3.05, 3.63) is 0 Å². The fraction of sp³-hybridized carbons (Fsp3) is 0.750. The number of nitrogens with one attached hydrogen (secondary N) is 3. The van der Waals surface area contributed by atoms with Crippen molar-refractivity contribution in [1.82, 2.24) is 16.0 Å². The number of carboxylic acids is 1. The monoisotopic (exact) mass is 507 g/mol. The van der Waals surface area contributed by atoms with Crippen molar-refractivity contribution in [3.63, 3.8) is 0 Å². The Hall–Kier alpha value is -1.99. The van der Waals surface area contributed by atoms with Gasteiger partial charge in [-0.1, -0.05) is 13.8 Å². The highest BCUT2D eigenvalue weighted by molar-refractivity contribution is 7.98. The van der Waals surface area contributed by atoms with Crippen molar-refractivity contribution >= 4 is 53.1 Å². The number of hydrogen-bond acceptors (Lipinski definition) is 8. The number of rotatable bonds is 17. The number of aliphatic carboxylic acids is 1. The van der Waals surface area contributed by atoms with Gasteiger partial charge in [0.05, 0.1) is 12.5 Å². The van der Waals surface area contributed by atoms with E-state index in [2.05, 4.69) is 16.0 Å². The van der Waals surface area contributed by atoms with Crippen LogP contribution in [-0.4, -0.2) is 82.9 Å². The summed E-state index contributed by atoms with van der Waals surface area (Å²) in [6, 6.07) is -4.35. The Bertz CT molecular complexity index is 679. The molecule has 190 valence electrons. The Morgan fingerprint density at radius 3 is 1.73 bits per heavy atom. The highest BCUT2D eigenvalue weighted by atomic mass is 32.2. The van der Waals surface area contributed by atoms with Crippen LogP contribution in [0.3, 0.4) is 0 Å². The maximum atomic E-state index is 12.9. The Labute approximate surface area is 203 Å². The molecule has 0 bridgehead atoms. The number of carbonyl (C=O) groups excluding carboxylic acids is 4. The molecule has 0 radical (unpaired) electrons. The molecule has 0 spiro atoms. The standard InChI is InChI=1S/C20H37N5O6S2/c1-11(2)9-12(21)17(27)23-13(5-7-32-3)18(28)25-15(10-16(22)26)19(29)24-14(20(30)31)6-8-33-4/h11-15H,5-10,21H2,1-4H3,(H2,22,26)(H,23,27)(H,24,29)(H,25,28)(H,30,31). The Balaban J connectivity index is 5.43. The average Bonchev–Trinajstić information content (AvgIpc) is 2.71. The van der Waals surface area contributed by atoms with Crippen molar-refractivity contribution in [2.75, 3.05) is 24.0 Å². The lowest BCUT2D eigenvalue weighted by molar-refractivity contribution is -0.142. The Morgan fingerprint density at radius 1 is 0.818 bits per heavy atom. The number of carbonyl (C=O) groups is 5. The van der Waals surface area contributed by atoms with Crippen LogP contribution in [0.5, 0.6) is 0 Å². The third-order valence-electron chi connectivity index (χ3n) is 4.57. The predicted octanol–water partition coefficient (Wildman–Crippen LogP) is -0.720. The van der Waals surface area contributed by atoms with Crippen LogP contribution < -0.4 is 27.4 Å². The number of hydrogen-bond donors (Lipinski definition) is 6. The van der Waals surface area contributed by atoms with E-state index in [1.165, 1.54) is 23.5 Å². The molecule has 0 saturated carbocycles. The molecule has 13 heteroatoms. The molecule has 8 N–H and O–H groups in total. The summed E-state index contributed by atoms with van der Waals surface area (Å²) in [5.41, 5.74) is 11.1. The van der Waals surface area contributed by atoms with Crippen LogP contribution >= 0.6 is 23.5 Å². The molecule has 33 heavy (non-hydrogen) atoms. The fourth-order valence-corrected chi connectivity index (χ4v) is 3.79. The molecule has 4 atom stereocenters. The normalized spacial score (nSPS) is 14.6. The zero-order valence-electron chi connectivity index (χ0n) is 19.6. The van der Waals surface area contributed by atoms with Gasteiger partial charge < -0.3 is 32.5 Å². The molecule has 0 aromatic rings. The molecule has 4 unspecified atom stereocenters. The molecule has 11 nitrogen and oxygen atoms in total. The maximum absolute atomic E-state index is 12.9. The summed E-state index contributed by atoms with van der Waals surface area (Å²) in [5.74, 6) is -2.90. The van der Waals surface area contributed by atoms with Crippen LogP contribution in [0.15, 0.2) is 0 Å². The van der Waals surface area contributed by atoms with E-state index < -0.39 is 60.2 Å². The van der Waals surface area contributed by atoms with Gasteiger partial charge in [0.1, 0.15) is 18.1 Å². The number of amides is 4. The van der Waals surface area contributed by atoms with Gasteiger partial charge in [0.2, 0.25) is 23.6 Å².